The van der Waals surface area contributed by atoms with Gasteiger partial charge in [0.1, 0.15) is 12.3 Å². The zero-order valence-corrected chi connectivity index (χ0v) is 12.6. The summed E-state index contributed by atoms with van der Waals surface area (Å²) in [5, 5.41) is 2.32. The Bertz CT molecular complexity index is 663. The molecule has 0 aliphatic heterocycles. The van der Waals surface area contributed by atoms with Gasteiger partial charge in [-0.15, -0.1) is 0 Å². The number of amides is 1. The van der Waals surface area contributed by atoms with E-state index in [0.717, 1.165) is 17.8 Å². The minimum atomic E-state index is -4.55. The monoisotopic (exact) mass is 374 g/mol. The molecule has 0 unspecified atom stereocenters. The number of anilines is 1. The van der Waals surface area contributed by atoms with Gasteiger partial charge in [0, 0.05) is 4.47 Å². The fraction of sp³-hybridized carbons (Fsp3) is 0.143. The van der Waals surface area contributed by atoms with Crippen LogP contribution in [-0.2, 0) is 17.5 Å². The summed E-state index contributed by atoms with van der Waals surface area (Å²) in [6.45, 7) is 0.0539. The van der Waals surface area contributed by atoms with Crippen molar-refractivity contribution in [3.05, 3.63) is 58.3 Å². The topological polar surface area (TPSA) is 51.2 Å². The van der Waals surface area contributed by atoms with Crippen LogP contribution in [0.3, 0.4) is 0 Å². The summed E-state index contributed by atoms with van der Waals surface area (Å²) in [7, 11) is 0. The van der Waals surface area contributed by atoms with Crippen molar-refractivity contribution >= 4 is 27.7 Å². The molecule has 116 valence electrons. The third kappa shape index (κ3) is 4.45. The van der Waals surface area contributed by atoms with Gasteiger partial charge in [-0.3, -0.25) is 5.32 Å². The van der Waals surface area contributed by atoms with Crippen molar-refractivity contribution in [2.24, 2.45) is 0 Å². The summed E-state index contributed by atoms with van der Waals surface area (Å²) in [6.07, 6.45) is -4.42. The van der Waals surface area contributed by atoms with Crippen molar-refractivity contribution in [2.75, 3.05) is 5.32 Å². The number of hydrogen-bond donors (Lipinski definition) is 1. The zero-order chi connectivity index (χ0) is 16.2. The number of pyridine rings is 1. The zero-order valence-electron chi connectivity index (χ0n) is 11.0. The van der Waals surface area contributed by atoms with Crippen LogP contribution in [0.15, 0.2) is 47.1 Å². The van der Waals surface area contributed by atoms with Crippen LogP contribution in [0.5, 0.6) is 0 Å². The Labute approximate surface area is 132 Å². The number of nitrogens with one attached hydrogen (secondary N) is 1. The molecular formula is C14H10BrF3N2O2. The molecule has 22 heavy (non-hydrogen) atoms. The predicted octanol–water partition coefficient (Wildman–Crippen LogP) is 4.61. The van der Waals surface area contributed by atoms with Crippen molar-refractivity contribution in [1.82, 2.24) is 4.98 Å². The van der Waals surface area contributed by atoms with E-state index in [1.807, 2.05) is 6.07 Å². The lowest BCUT2D eigenvalue weighted by Gasteiger charge is -2.10. The van der Waals surface area contributed by atoms with E-state index in [4.69, 9.17) is 4.74 Å². The molecule has 0 fully saturated rings. The minimum Gasteiger partial charge on any atom is -0.444 e. The van der Waals surface area contributed by atoms with Crippen LogP contribution < -0.4 is 5.32 Å². The predicted molar refractivity (Wildman–Crippen MR) is 77.2 cm³/mol. The molecule has 0 saturated heterocycles. The number of aromatic nitrogens is 1. The summed E-state index contributed by atoms with van der Waals surface area (Å²) >= 11 is 2.95. The van der Waals surface area contributed by atoms with Gasteiger partial charge in [-0.05, 0) is 27.6 Å². The molecule has 2 aromatic rings. The third-order valence-corrected chi connectivity index (χ3v) is 3.25. The number of rotatable bonds is 3. The van der Waals surface area contributed by atoms with Gasteiger partial charge in [0.25, 0.3) is 0 Å². The molecule has 1 aromatic heterocycles. The highest BCUT2D eigenvalue weighted by Gasteiger charge is 2.33. The summed E-state index contributed by atoms with van der Waals surface area (Å²) in [4.78, 5) is 14.9. The number of carbonyl (C=O) groups is 1. The van der Waals surface area contributed by atoms with Gasteiger partial charge in [-0.1, -0.05) is 30.3 Å². The molecule has 4 nitrogen and oxygen atoms in total. The second-order valence-electron chi connectivity index (χ2n) is 4.23. The Hall–Kier alpha value is -2.09. The number of halogens is 4. The maximum atomic E-state index is 12.5. The molecular weight excluding hydrogens is 365 g/mol. The van der Waals surface area contributed by atoms with Crippen LogP contribution in [0.2, 0.25) is 0 Å². The lowest BCUT2D eigenvalue weighted by molar-refractivity contribution is -0.141. The first-order valence-corrected chi connectivity index (χ1v) is 6.86. The number of hydrogen-bond acceptors (Lipinski definition) is 3. The summed E-state index contributed by atoms with van der Waals surface area (Å²) in [5.74, 6) is 0. The average Bonchev–Trinajstić information content (AvgIpc) is 2.47. The van der Waals surface area contributed by atoms with E-state index in [2.05, 4.69) is 26.2 Å². The Morgan fingerprint density at radius 1 is 1.27 bits per heavy atom. The highest BCUT2D eigenvalue weighted by Crippen LogP contribution is 2.32. The van der Waals surface area contributed by atoms with Gasteiger partial charge in [-0.2, -0.15) is 13.2 Å². The van der Waals surface area contributed by atoms with Gasteiger partial charge < -0.3 is 4.74 Å². The minimum absolute atomic E-state index is 0.0539. The van der Waals surface area contributed by atoms with Crippen molar-refractivity contribution in [3.63, 3.8) is 0 Å². The van der Waals surface area contributed by atoms with Crippen LogP contribution in [0.4, 0.5) is 23.7 Å². The summed E-state index contributed by atoms with van der Waals surface area (Å²) < 4.78 is 42.5. The molecule has 8 heteroatoms. The van der Waals surface area contributed by atoms with Crippen molar-refractivity contribution < 1.29 is 22.7 Å². The van der Waals surface area contributed by atoms with Crippen LogP contribution >= 0.6 is 15.9 Å². The molecule has 1 aromatic carbocycles. The second kappa shape index (κ2) is 6.78. The average molecular weight is 375 g/mol. The van der Waals surface area contributed by atoms with E-state index in [9.17, 15) is 18.0 Å². The van der Waals surface area contributed by atoms with Gasteiger partial charge in [0.15, 0.2) is 0 Å². The van der Waals surface area contributed by atoms with E-state index < -0.39 is 18.0 Å². The number of nitrogens with zero attached hydrogens (tertiary/aromatic N) is 1. The molecule has 1 N–H and O–H groups in total. The van der Waals surface area contributed by atoms with Gasteiger partial charge >= 0.3 is 12.3 Å². The van der Waals surface area contributed by atoms with E-state index >= 15 is 0 Å². The van der Waals surface area contributed by atoms with E-state index in [0.29, 0.717) is 0 Å². The SMILES string of the molecule is O=C(Nc1cnc(C(F)(F)F)cc1Br)OCc1ccccc1. The molecule has 0 aliphatic rings. The van der Waals surface area contributed by atoms with E-state index in [-0.39, 0.29) is 16.8 Å². The first-order valence-electron chi connectivity index (χ1n) is 6.06. The molecule has 1 amide bonds. The summed E-state index contributed by atoms with van der Waals surface area (Å²) in [6, 6.07) is 9.77. The Morgan fingerprint density at radius 3 is 2.55 bits per heavy atom. The number of benzene rings is 1. The largest absolute Gasteiger partial charge is 0.444 e. The lowest BCUT2D eigenvalue weighted by atomic mass is 10.2. The highest BCUT2D eigenvalue weighted by atomic mass is 79.9. The standard InChI is InChI=1S/C14H10BrF3N2O2/c15-10-6-12(14(16,17)18)19-7-11(10)20-13(21)22-8-9-4-2-1-3-5-9/h1-7H,8H2,(H,20,21). The van der Waals surface area contributed by atoms with Crippen LogP contribution in [0.1, 0.15) is 11.3 Å². The maximum Gasteiger partial charge on any atom is 0.433 e. The lowest BCUT2D eigenvalue weighted by Crippen LogP contribution is -2.15. The molecule has 0 bridgehead atoms. The quantitative estimate of drug-likeness (QED) is 0.853. The maximum absolute atomic E-state index is 12.5. The highest BCUT2D eigenvalue weighted by molar-refractivity contribution is 9.10. The van der Waals surface area contributed by atoms with Crippen LogP contribution in [0, 0.1) is 0 Å². The van der Waals surface area contributed by atoms with Crippen molar-refractivity contribution in [3.8, 4) is 0 Å². The molecule has 0 aliphatic carbocycles. The second-order valence-corrected chi connectivity index (χ2v) is 5.09. The number of carbonyl (C=O) groups excluding carboxylic acids is 1. The molecule has 1 heterocycles. The first-order chi connectivity index (χ1) is 10.4. The van der Waals surface area contributed by atoms with Crippen molar-refractivity contribution in [2.45, 2.75) is 12.8 Å². The third-order valence-electron chi connectivity index (χ3n) is 2.59. The smallest absolute Gasteiger partial charge is 0.433 e. The fourth-order valence-corrected chi connectivity index (χ4v) is 1.97. The van der Waals surface area contributed by atoms with Gasteiger partial charge in [-0.25, -0.2) is 9.78 Å². The molecule has 2 rings (SSSR count). The Morgan fingerprint density at radius 2 is 1.95 bits per heavy atom. The van der Waals surface area contributed by atoms with Crippen LogP contribution in [-0.4, -0.2) is 11.1 Å². The molecule has 0 atom stereocenters. The van der Waals surface area contributed by atoms with Crippen LogP contribution in [0.25, 0.3) is 0 Å². The van der Waals surface area contributed by atoms with E-state index in [1.54, 1.807) is 24.3 Å². The molecule has 0 saturated carbocycles. The Balaban J connectivity index is 1.97. The first kappa shape index (κ1) is 16.3. The fourth-order valence-electron chi connectivity index (χ4n) is 1.55. The van der Waals surface area contributed by atoms with E-state index in [1.165, 1.54) is 0 Å². The number of alkyl halides is 3. The van der Waals surface area contributed by atoms with Gasteiger partial charge in [0.2, 0.25) is 0 Å². The number of ether oxygens (including phenoxy) is 1. The Kier molecular flexibility index (Phi) is 5.02. The van der Waals surface area contributed by atoms with Crippen molar-refractivity contribution in [1.29, 1.82) is 0 Å². The molecule has 0 radical (unpaired) electrons. The molecule has 0 spiro atoms. The van der Waals surface area contributed by atoms with Gasteiger partial charge in [0.05, 0.1) is 11.9 Å². The summed E-state index contributed by atoms with van der Waals surface area (Å²) in [5.41, 5.74) is -0.170. The normalized spacial score (nSPS) is 11.1.